The van der Waals surface area contributed by atoms with Crippen molar-refractivity contribution in [1.29, 1.82) is 0 Å². The highest BCUT2D eigenvalue weighted by Crippen LogP contribution is 2.29. The lowest BCUT2D eigenvalue weighted by molar-refractivity contribution is 0.635. The molecule has 0 radical (unpaired) electrons. The summed E-state index contributed by atoms with van der Waals surface area (Å²) in [7, 11) is 0. The molecule has 0 bridgehead atoms. The van der Waals surface area contributed by atoms with Gasteiger partial charge in [0.05, 0.1) is 9.21 Å². The van der Waals surface area contributed by atoms with Gasteiger partial charge in [0.15, 0.2) is 5.82 Å². The largest absolute Gasteiger partial charge is 0.370 e. The van der Waals surface area contributed by atoms with Gasteiger partial charge in [0.25, 0.3) is 0 Å². The van der Waals surface area contributed by atoms with Crippen molar-refractivity contribution in [2.24, 2.45) is 5.92 Å². The van der Waals surface area contributed by atoms with Crippen LogP contribution < -0.4 is 5.32 Å². The number of hydrogen-bond donors (Lipinski definition) is 1. The molecule has 2 aromatic rings. The molecule has 1 N–H and O–H groups in total. The number of nitrogens with one attached hydrogen (secondary N) is 1. The molecule has 0 spiro atoms. The number of thiophene rings is 1. The van der Waals surface area contributed by atoms with Crippen molar-refractivity contribution in [2.75, 3.05) is 11.9 Å². The van der Waals surface area contributed by atoms with Crippen LogP contribution in [-0.4, -0.2) is 16.5 Å². The first-order chi connectivity index (χ1) is 9.08. The maximum atomic E-state index is 5.98. The van der Waals surface area contributed by atoms with Crippen LogP contribution in [0.4, 0.5) is 5.82 Å². The van der Waals surface area contributed by atoms with Gasteiger partial charge in [-0.3, -0.25) is 0 Å². The van der Waals surface area contributed by atoms with Crippen LogP contribution in [-0.2, 0) is 6.42 Å². The monoisotopic (exact) mass is 295 g/mol. The average Bonchev–Trinajstić information content (AvgIpc) is 2.75. The van der Waals surface area contributed by atoms with Crippen LogP contribution in [0.1, 0.15) is 26.5 Å². The van der Waals surface area contributed by atoms with E-state index in [1.165, 1.54) is 11.3 Å². The molecule has 0 fully saturated rings. The molecule has 0 aliphatic rings. The molecule has 0 saturated carbocycles. The van der Waals surface area contributed by atoms with E-state index < -0.39 is 0 Å². The van der Waals surface area contributed by atoms with E-state index in [1.54, 1.807) is 0 Å². The maximum Gasteiger partial charge on any atom is 0.171 e. The van der Waals surface area contributed by atoms with Gasteiger partial charge in [-0.1, -0.05) is 25.4 Å². The van der Waals surface area contributed by atoms with Crippen molar-refractivity contribution in [1.82, 2.24) is 9.97 Å². The van der Waals surface area contributed by atoms with E-state index in [0.717, 1.165) is 39.5 Å². The quantitative estimate of drug-likeness (QED) is 0.883. The minimum Gasteiger partial charge on any atom is -0.370 e. The van der Waals surface area contributed by atoms with E-state index in [2.05, 4.69) is 36.1 Å². The van der Waals surface area contributed by atoms with Gasteiger partial charge in [-0.15, -0.1) is 11.3 Å². The van der Waals surface area contributed by atoms with Crippen LogP contribution in [0, 0.1) is 5.92 Å². The van der Waals surface area contributed by atoms with Gasteiger partial charge in [0.1, 0.15) is 5.82 Å². The third kappa shape index (κ3) is 3.91. The summed E-state index contributed by atoms with van der Waals surface area (Å²) >= 11 is 7.49. The third-order valence-corrected chi connectivity index (χ3v) is 3.78. The summed E-state index contributed by atoms with van der Waals surface area (Å²) in [6, 6.07) is 5.88. The Morgan fingerprint density at radius 2 is 2.11 bits per heavy atom. The molecule has 2 aromatic heterocycles. The molecule has 0 aliphatic carbocycles. The van der Waals surface area contributed by atoms with Crippen LogP contribution in [0.15, 0.2) is 18.2 Å². The Morgan fingerprint density at radius 1 is 1.32 bits per heavy atom. The van der Waals surface area contributed by atoms with Crippen LogP contribution in [0.2, 0.25) is 4.34 Å². The van der Waals surface area contributed by atoms with Crippen molar-refractivity contribution < 1.29 is 0 Å². The second-order valence-corrected chi connectivity index (χ2v) is 6.52. The Bertz CT molecular complexity index is 551. The van der Waals surface area contributed by atoms with Crippen molar-refractivity contribution in [3.05, 3.63) is 28.2 Å². The minimum atomic E-state index is 0.573. The molecule has 3 nitrogen and oxygen atoms in total. The topological polar surface area (TPSA) is 37.8 Å². The molecule has 102 valence electrons. The molecule has 0 saturated heterocycles. The molecule has 5 heteroatoms. The van der Waals surface area contributed by atoms with Gasteiger partial charge in [-0.05, 0) is 31.4 Å². The van der Waals surface area contributed by atoms with Crippen LogP contribution >= 0.6 is 22.9 Å². The zero-order valence-electron chi connectivity index (χ0n) is 11.4. The summed E-state index contributed by atoms with van der Waals surface area (Å²) < 4.78 is 0.762. The summed E-state index contributed by atoms with van der Waals surface area (Å²) in [4.78, 5) is 10.2. The van der Waals surface area contributed by atoms with Crippen LogP contribution in [0.3, 0.4) is 0 Å². The molecule has 0 atom stereocenters. The Labute approximate surface area is 123 Å². The normalized spacial score (nSPS) is 11.0. The minimum absolute atomic E-state index is 0.573. The molecule has 19 heavy (non-hydrogen) atoms. The second-order valence-electron chi connectivity index (χ2n) is 4.80. The lowest BCUT2D eigenvalue weighted by Gasteiger charge is -2.09. The van der Waals surface area contributed by atoms with Gasteiger partial charge < -0.3 is 5.32 Å². The highest BCUT2D eigenvalue weighted by molar-refractivity contribution is 7.19. The molecule has 0 aromatic carbocycles. The number of halogens is 1. The lowest BCUT2D eigenvalue weighted by Crippen LogP contribution is -2.05. The molecule has 2 rings (SSSR count). The number of rotatable bonds is 5. The molecular formula is C14H18ClN3S. The van der Waals surface area contributed by atoms with Crippen LogP contribution in [0.25, 0.3) is 10.7 Å². The predicted octanol–water partition coefficient (Wildman–Crippen LogP) is 4.49. The van der Waals surface area contributed by atoms with Crippen molar-refractivity contribution in [3.8, 4) is 10.7 Å². The van der Waals surface area contributed by atoms with Crippen molar-refractivity contribution in [3.63, 3.8) is 0 Å². The van der Waals surface area contributed by atoms with Crippen LogP contribution in [0.5, 0.6) is 0 Å². The fourth-order valence-corrected chi connectivity index (χ4v) is 2.81. The van der Waals surface area contributed by atoms with Gasteiger partial charge in [0, 0.05) is 18.3 Å². The third-order valence-electron chi connectivity index (χ3n) is 2.55. The highest BCUT2D eigenvalue weighted by atomic mass is 35.5. The summed E-state index contributed by atoms with van der Waals surface area (Å²) in [6.07, 6.45) is 0.951. The fraction of sp³-hybridized carbons (Fsp3) is 0.429. The number of anilines is 1. The summed E-state index contributed by atoms with van der Waals surface area (Å²) in [5, 5.41) is 3.26. The zero-order chi connectivity index (χ0) is 13.8. The molecule has 0 unspecified atom stereocenters. The SMILES string of the molecule is CCNc1cc(CC(C)C)nc(-c2ccc(Cl)s2)n1. The number of nitrogens with zero attached hydrogens (tertiary/aromatic N) is 2. The lowest BCUT2D eigenvalue weighted by atomic mass is 10.1. The standard InChI is InChI=1S/C14H18ClN3S/c1-4-16-13-8-10(7-9(2)3)17-14(18-13)11-5-6-12(15)19-11/h5-6,8-9H,4,7H2,1-3H3,(H,16,17,18). The first-order valence-electron chi connectivity index (χ1n) is 6.46. The summed E-state index contributed by atoms with van der Waals surface area (Å²) in [5.41, 5.74) is 1.07. The molecule has 0 aliphatic heterocycles. The van der Waals surface area contributed by atoms with Gasteiger partial charge in [0.2, 0.25) is 0 Å². The Hall–Kier alpha value is -1.13. The predicted molar refractivity (Wildman–Crippen MR) is 83.1 cm³/mol. The van der Waals surface area contributed by atoms with Crippen molar-refractivity contribution >= 4 is 28.8 Å². The van der Waals surface area contributed by atoms with Gasteiger partial charge in [-0.2, -0.15) is 0 Å². The smallest absolute Gasteiger partial charge is 0.171 e. The zero-order valence-corrected chi connectivity index (χ0v) is 13.0. The van der Waals surface area contributed by atoms with E-state index in [9.17, 15) is 0 Å². The highest BCUT2D eigenvalue weighted by Gasteiger charge is 2.10. The number of hydrogen-bond acceptors (Lipinski definition) is 4. The molecule has 2 heterocycles. The van der Waals surface area contributed by atoms with E-state index in [1.807, 2.05) is 18.2 Å². The van der Waals surface area contributed by atoms with Crippen molar-refractivity contribution in [2.45, 2.75) is 27.2 Å². The maximum absolute atomic E-state index is 5.98. The first-order valence-corrected chi connectivity index (χ1v) is 7.65. The molecular weight excluding hydrogens is 278 g/mol. The fourth-order valence-electron chi connectivity index (χ4n) is 1.84. The molecule has 0 amide bonds. The summed E-state index contributed by atoms with van der Waals surface area (Å²) in [5.74, 6) is 2.21. The Kier molecular flexibility index (Phi) is 4.77. The van der Waals surface area contributed by atoms with E-state index >= 15 is 0 Å². The van der Waals surface area contributed by atoms with Gasteiger partial charge >= 0.3 is 0 Å². The van der Waals surface area contributed by atoms with Gasteiger partial charge in [-0.25, -0.2) is 9.97 Å². The van der Waals surface area contributed by atoms with E-state index in [-0.39, 0.29) is 0 Å². The Morgan fingerprint density at radius 3 is 2.68 bits per heavy atom. The average molecular weight is 296 g/mol. The Balaban J connectivity index is 2.38. The van der Waals surface area contributed by atoms with E-state index in [4.69, 9.17) is 11.6 Å². The first kappa shape index (κ1) is 14.3. The van der Waals surface area contributed by atoms with E-state index in [0.29, 0.717) is 5.92 Å². The second kappa shape index (κ2) is 6.35. The number of aromatic nitrogens is 2. The summed E-state index contributed by atoms with van der Waals surface area (Å²) in [6.45, 7) is 7.29.